The van der Waals surface area contributed by atoms with Gasteiger partial charge in [0.2, 0.25) is 5.91 Å². The van der Waals surface area contributed by atoms with E-state index in [0.29, 0.717) is 36.0 Å². The predicted octanol–water partition coefficient (Wildman–Crippen LogP) is 1.64. The molecule has 2 aromatic rings. The highest BCUT2D eigenvalue weighted by Crippen LogP contribution is 2.23. The lowest BCUT2D eigenvalue weighted by Gasteiger charge is -2.38. The largest absolute Gasteiger partial charge is 0.487 e. The minimum absolute atomic E-state index is 0.0258. The Morgan fingerprint density at radius 1 is 1.44 bits per heavy atom. The van der Waals surface area contributed by atoms with Gasteiger partial charge in [-0.15, -0.1) is 0 Å². The van der Waals surface area contributed by atoms with Crippen molar-refractivity contribution in [3.8, 4) is 5.75 Å². The van der Waals surface area contributed by atoms with E-state index in [4.69, 9.17) is 4.74 Å². The summed E-state index contributed by atoms with van der Waals surface area (Å²) in [5.74, 6) is 0.474. The van der Waals surface area contributed by atoms with Crippen molar-refractivity contribution in [1.29, 1.82) is 0 Å². The Hall–Kier alpha value is -2.74. The maximum absolute atomic E-state index is 12.9. The van der Waals surface area contributed by atoms with Gasteiger partial charge < -0.3 is 20.1 Å². The van der Waals surface area contributed by atoms with Crippen LogP contribution in [0.5, 0.6) is 5.75 Å². The van der Waals surface area contributed by atoms with Crippen LogP contribution in [0.1, 0.15) is 24.5 Å². The van der Waals surface area contributed by atoms with Crippen LogP contribution in [0.2, 0.25) is 0 Å². The van der Waals surface area contributed by atoms with E-state index in [1.165, 1.54) is 19.1 Å². The third-order valence-electron chi connectivity index (χ3n) is 3.84. The molecular formula is C17H19FN4O3. The Balaban J connectivity index is 1.66. The van der Waals surface area contributed by atoms with E-state index in [2.05, 4.69) is 15.3 Å². The van der Waals surface area contributed by atoms with Crippen LogP contribution in [0.25, 0.3) is 0 Å². The molecule has 0 saturated carbocycles. The quantitative estimate of drug-likeness (QED) is 0.800. The summed E-state index contributed by atoms with van der Waals surface area (Å²) in [6.45, 7) is 4.41. The van der Waals surface area contributed by atoms with Crippen molar-refractivity contribution in [2.75, 3.05) is 18.4 Å². The van der Waals surface area contributed by atoms with E-state index in [-0.39, 0.29) is 12.0 Å². The van der Waals surface area contributed by atoms with Gasteiger partial charge in [0.25, 0.3) is 0 Å². The summed E-state index contributed by atoms with van der Waals surface area (Å²) in [6.07, 6.45) is -0.122. The first-order valence-corrected chi connectivity index (χ1v) is 7.87. The van der Waals surface area contributed by atoms with Gasteiger partial charge in [0.15, 0.2) is 6.23 Å². The second-order valence-corrected chi connectivity index (χ2v) is 5.94. The zero-order chi connectivity index (χ0) is 18.0. The van der Waals surface area contributed by atoms with Crippen LogP contribution in [0.4, 0.5) is 10.2 Å². The van der Waals surface area contributed by atoms with Crippen LogP contribution in [0, 0.1) is 12.7 Å². The van der Waals surface area contributed by atoms with Crippen LogP contribution < -0.4 is 10.1 Å². The molecule has 3 heterocycles. The minimum Gasteiger partial charge on any atom is -0.487 e. The number of halogens is 1. The second kappa shape index (κ2) is 7.02. The fourth-order valence-corrected chi connectivity index (χ4v) is 2.51. The highest BCUT2D eigenvalue weighted by molar-refractivity contribution is 5.74. The van der Waals surface area contributed by atoms with Gasteiger partial charge >= 0.3 is 0 Å². The van der Waals surface area contributed by atoms with E-state index in [0.717, 1.165) is 6.20 Å². The second-order valence-electron chi connectivity index (χ2n) is 5.94. The summed E-state index contributed by atoms with van der Waals surface area (Å²) in [5.41, 5.74) is 1.05. The third kappa shape index (κ3) is 4.21. The average molecular weight is 346 g/mol. The maximum atomic E-state index is 12.9. The SMILES string of the molecule is CC(=O)N1CC(Oc2cc(C)nc(C(O)Nc3ccc(F)cn3)c2)C1. The number of anilines is 1. The van der Waals surface area contributed by atoms with Gasteiger partial charge in [-0.1, -0.05) is 0 Å². The molecule has 1 saturated heterocycles. The first kappa shape index (κ1) is 17.1. The number of carbonyl (C=O) groups is 1. The van der Waals surface area contributed by atoms with Crippen LogP contribution in [-0.2, 0) is 4.79 Å². The normalized spacial score (nSPS) is 15.4. The number of hydrogen-bond donors (Lipinski definition) is 2. The molecule has 1 amide bonds. The number of likely N-dealkylation sites (tertiary alicyclic amines) is 1. The first-order valence-electron chi connectivity index (χ1n) is 7.87. The van der Waals surface area contributed by atoms with Gasteiger partial charge in [0.1, 0.15) is 23.5 Å². The number of pyridine rings is 2. The number of carbonyl (C=O) groups excluding carboxylic acids is 1. The molecule has 132 valence electrons. The summed E-state index contributed by atoms with van der Waals surface area (Å²) in [5, 5.41) is 13.0. The minimum atomic E-state index is -1.12. The van der Waals surface area contributed by atoms with Crippen molar-refractivity contribution < 1.29 is 19.0 Å². The monoisotopic (exact) mass is 346 g/mol. The van der Waals surface area contributed by atoms with Crippen LogP contribution >= 0.6 is 0 Å². The average Bonchev–Trinajstić information content (AvgIpc) is 2.51. The number of aliphatic hydroxyl groups is 1. The number of aryl methyl sites for hydroxylation is 1. The van der Waals surface area contributed by atoms with Gasteiger partial charge in [0.05, 0.1) is 25.0 Å². The van der Waals surface area contributed by atoms with Crippen molar-refractivity contribution in [3.63, 3.8) is 0 Å². The lowest BCUT2D eigenvalue weighted by molar-refractivity contribution is -0.137. The maximum Gasteiger partial charge on any atom is 0.219 e. The Morgan fingerprint density at radius 3 is 2.84 bits per heavy atom. The van der Waals surface area contributed by atoms with Crippen LogP contribution in [0.3, 0.4) is 0 Å². The molecule has 25 heavy (non-hydrogen) atoms. The number of nitrogens with one attached hydrogen (secondary N) is 1. The molecule has 1 fully saturated rings. The molecule has 0 bridgehead atoms. The fraction of sp³-hybridized carbons (Fsp3) is 0.353. The Labute approximate surface area is 144 Å². The number of hydrogen-bond acceptors (Lipinski definition) is 6. The fourth-order valence-electron chi connectivity index (χ4n) is 2.51. The summed E-state index contributed by atoms with van der Waals surface area (Å²) in [4.78, 5) is 21.0. The number of ether oxygens (including phenoxy) is 1. The van der Waals surface area contributed by atoms with Crippen molar-refractivity contribution in [1.82, 2.24) is 14.9 Å². The Kier molecular flexibility index (Phi) is 4.80. The summed E-state index contributed by atoms with van der Waals surface area (Å²) in [6, 6.07) is 6.07. The van der Waals surface area contributed by atoms with Gasteiger partial charge in [-0.05, 0) is 19.1 Å². The molecule has 3 rings (SSSR count). The van der Waals surface area contributed by atoms with Crippen LogP contribution in [-0.4, -0.2) is 45.1 Å². The summed E-state index contributed by atoms with van der Waals surface area (Å²) < 4.78 is 18.7. The predicted molar refractivity (Wildman–Crippen MR) is 88.4 cm³/mol. The number of nitrogens with zero attached hydrogens (tertiary/aromatic N) is 3. The molecule has 0 radical (unpaired) electrons. The molecule has 0 aromatic carbocycles. The standard InChI is InChI=1S/C17H19FN4O3/c1-10-5-13(25-14-8-22(9-14)11(2)23)6-15(20-10)17(24)21-16-4-3-12(18)7-19-16/h3-7,14,17,24H,8-9H2,1-2H3,(H,19,21). The molecule has 2 aromatic heterocycles. The van der Waals surface area contributed by atoms with Crippen molar-refractivity contribution in [2.45, 2.75) is 26.2 Å². The molecule has 8 heteroatoms. The number of rotatable bonds is 5. The molecule has 2 N–H and O–H groups in total. The first-order chi connectivity index (χ1) is 11.9. The van der Waals surface area contributed by atoms with Crippen molar-refractivity contribution in [3.05, 3.63) is 47.7 Å². The molecule has 1 aliphatic heterocycles. The van der Waals surface area contributed by atoms with E-state index in [9.17, 15) is 14.3 Å². The number of amides is 1. The van der Waals surface area contributed by atoms with E-state index >= 15 is 0 Å². The third-order valence-corrected chi connectivity index (χ3v) is 3.84. The number of aliphatic hydroxyl groups excluding tert-OH is 1. The smallest absolute Gasteiger partial charge is 0.219 e. The van der Waals surface area contributed by atoms with Gasteiger partial charge in [-0.25, -0.2) is 9.37 Å². The summed E-state index contributed by atoms with van der Waals surface area (Å²) in [7, 11) is 0. The molecule has 7 nitrogen and oxygen atoms in total. The summed E-state index contributed by atoms with van der Waals surface area (Å²) >= 11 is 0. The highest BCUT2D eigenvalue weighted by Gasteiger charge is 2.30. The number of aromatic nitrogens is 2. The Bertz CT molecular complexity index is 763. The van der Waals surface area contributed by atoms with Crippen LogP contribution in [0.15, 0.2) is 30.5 Å². The molecular weight excluding hydrogens is 327 g/mol. The van der Waals surface area contributed by atoms with E-state index in [1.807, 2.05) is 0 Å². The van der Waals surface area contributed by atoms with Gasteiger partial charge in [0, 0.05) is 24.8 Å². The van der Waals surface area contributed by atoms with Gasteiger partial charge in [-0.3, -0.25) is 9.78 Å². The lowest BCUT2D eigenvalue weighted by atomic mass is 10.1. The van der Waals surface area contributed by atoms with Crippen molar-refractivity contribution >= 4 is 11.7 Å². The highest BCUT2D eigenvalue weighted by atomic mass is 19.1. The molecule has 0 aliphatic carbocycles. The molecule has 1 atom stereocenters. The zero-order valence-corrected chi connectivity index (χ0v) is 13.9. The molecule has 0 spiro atoms. The molecule has 1 unspecified atom stereocenters. The zero-order valence-electron chi connectivity index (χ0n) is 13.9. The Morgan fingerprint density at radius 2 is 2.20 bits per heavy atom. The topological polar surface area (TPSA) is 87.6 Å². The van der Waals surface area contributed by atoms with E-state index in [1.54, 1.807) is 24.0 Å². The van der Waals surface area contributed by atoms with Crippen molar-refractivity contribution in [2.24, 2.45) is 0 Å². The van der Waals surface area contributed by atoms with E-state index < -0.39 is 12.0 Å². The molecule has 1 aliphatic rings. The lowest BCUT2D eigenvalue weighted by Crippen LogP contribution is -2.55. The van der Waals surface area contributed by atoms with Gasteiger partial charge in [-0.2, -0.15) is 0 Å².